The average molecular weight is 235 g/mol. The maximum Gasteiger partial charge on any atom is 0.236 e. The Labute approximate surface area is 100 Å². The molecule has 1 aromatic rings. The second-order valence-electron chi connectivity index (χ2n) is 5.46. The predicted octanol–water partition coefficient (Wildman–Crippen LogP) is 1.02. The van der Waals surface area contributed by atoms with Gasteiger partial charge >= 0.3 is 0 Å². The molecule has 1 saturated heterocycles. The monoisotopic (exact) mass is 235 g/mol. The molecule has 0 radical (unpaired) electrons. The van der Waals surface area contributed by atoms with Crippen LogP contribution in [0.15, 0.2) is 6.07 Å². The van der Waals surface area contributed by atoms with Crippen LogP contribution in [0.3, 0.4) is 0 Å². The molecule has 2 rings (SSSR count). The van der Waals surface area contributed by atoms with Crippen molar-refractivity contribution in [2.24, 2.45) is 7.05 Å². The molecule has 5 nitrogen and oxygen atoms in total. The smallest absolute Gasteiger partial charge is 0.236 e. The van der Waals surface area contributed by atoms with Gasteiger partial charge in [-0.1, -0.05) is 20.8 Å². The van der Waals surface area contributed by atoms with Crippen LogP contribution in [-0.4, -0.2) is 28.0 Å². The summed E-state index contributed by atoms with van der Waals surface area (Å²) in [7, 11) is 1.79. The highest BCUT2D eigenvalue weighted by molar-refractivity contribution is 6.14. The molecule has 0 aromatic carbocycles. The minimum Gasteiger partial charge on any atom is -0.297 e. The number of ketones is 1. The van der Waals surface area contributed by atoms with Gasteiger partial charge in [0.25, 0.3) is 0 Å². The standard InChI is InChI=1S/C12H17N3O2/c1-12(2,3)9-6-10(14(4)13-9)15-7-8(16)5-11(15)17/h6H,5,7H2,1-4H3. The van der Waals surface area contributed by atoms with Gasteiger partial charge in [-0.05, 0) is 0 Å². The third-order valence-electron chi connectivity index (χ3n) is 2.88. The van der Waals surface area contributed by atoms with Crippen LogP contribution < -0.4 is 4.90 Å². The number of carbonyl (C=O) groups is 2. The van der Waals surface area contributed by atoms with Gasteiger partial charge in [0, 0.05) is 18.5 Å². The zero-order valence-electron chi connectivity index (χ0n) is 10.6. The molecule has 0 saturated carbocycles. The van der Waals surface area contributed by atoms with Crippen molar-refractivity contribution < 1.29 is 9.59 Å². The first-order valence-corrected chi connectivity index (χ1v) is 5.65. The fraction of sp³-hybridized carbons (Fsp3) is 0.583. The normalized spacial score (nSPS) is 17.1. The molecular formula is C12H17N3O2. The molecular weight excluding hydrogens is 218 g/mol. The summed E-state index contributed by atoms with van der Waals surface area (Å²) < 4.78 is 1.66. The molecule has 0 unspecified atom stereocenters. The van der Waals surface area contributed by atoms with E-state index in [0.29, 0.717) is 5.82 Å². The van der Waals surface area contributed by atoms with E-state index in [2.05, 4.69) is 25.9 Å². The molecule has 0 spiro atoms. The van der Waals surface area contributed by atoms with Gasteiger partial charge in [-0.25, -0.2) is 0 Å². The van der Waals surface area contributed by atoms with Gasteiger partial charge in [-0.2, -0.15) is 5.10 Å². The van der Waals surface area contributed by atoms with E-state index in [-0.39, 0.29) is 30.1 Å². The Balaban J connectivity index is 2.37. The average Bonchev–Trinajstić information content (AvgIpc) is 2.68. The minimum atomic E-state index is -0.140. The van der Waals surface area contributed by atoms with Crippen molar-refractivity contribution in [3.8, 4) is 0 Å². The molecule has 0 N–H and O–H groups in total. The number of hydrogen-bond donors (Lipinski definition) is 0. The number of nitrogens with zero attached hydrogens (tertiary/aromatic N) is 3. The summed E-state index contributed by atoms with van der Waals surface area (Å²) >= 11 is 0. The highest BCUT2D eigenvalue weighted by atomic mass is 16.2. The highest BCUT2D eigenvalue weighted by Gasteiger charge is 2.31. The zero-order chi connectivity index (χ0) is 12.8. The quantitative estimate of drug-likeness (QED) is 0.683. The third kappa shape index (κ3) is 2.09. The molecule has 1 fully saturated rings. The fourth-order valence-electron chi connectivity index (χ4n) is 1.87. The summed E-state index contributed by atoms with van der Waals surface area (Å²) in [5.74, 6) is 0.526. The Bertz CT molecular complexity index is 482. The van der Waals surface area contributed by atoms with Gasteiger partial charge < -0.3 is 0 Å². The van der Waals surface area contributed by atoms with E-state index in [1.54, 1.807) is 11.7 Å². The largest absolute Gasteiger partial charge is 0.297 e. The van der Waals surface area contributed by atoms with E-state index in [1.807, 2.05) is 6.07 Å². The lowest BCUT2D eigenvalue weighted by molar-refractivity contribution is -0.121. The topological polar surface area (TPSA) is 55.2 Å². The van der Waals surface area contributed by atoms with E-state index in [4.69, 9.17) is 0 Å². The van der Waals surface area contributed by atoms with Crippen molar-refractivity contribution in [3.05, 3.63) is 11.8 Å². The Morgan fingerprint density at radius 1 is 1.29 bits per heavy atom. The van der Waals surface area contributed by atoms with E-state index < -0.39 is 0 Å². The summed E-state index contributed by atoms with van der Waals surface area (Å²) in [6.07, 6.45) is 0.00995. The molecule has 1 aromatic heterocycles. The van der Waals surface area contributed by atoms with Gasteiger partial charge in [0.1, 0.15) is 5.82 Å². The number of amides is 1. The van der Waals surface area contributed by atoms with Crippen molar-refractivity contribution >= 4 is 17.5 Å². The SMILES string of the molecule is Cn1nc(C(C)(C)C)cc1N1CC(=O)CC1=O. The lowest BCUT2D eigenvalue weighted by Crippen LogP contribution is -2.26. The van der Waals surface area contributed by atoms with Crippen LogP contribution in [0, 0.1) is 0 Å². The van der Waals surface area contributed by atoms with Crippen molar-refractivity contribution in [2.45, 2.75) is 32.6 Å². The number of Topliss-reactive ketones (excluding diaryl/α,β-unsaturated/α-hetero) is 1. The molecule has 92 valence electrons. The van der Waals surface area contributed by atoms with E-state index in [0.717, 1.165) is 5.69 Å². The Morgan fingerprint density at radius 2 is 1.94 bits per heavy atom. The van der Waals surface area contributed by atoms with Crippen molar-refractivity contribution in [1.82, 2.24) is 9.78 Å². The van der Waals surface area contributed by atoms with Gasteiger partial charge in [-0.15, -0.1) is 0 Å². The van der Waals surface area contributed by atoms with E-state index in [9.17, 15) is 9.59 Å². The Morgan fingerprint density at radius 3 is 2.35 bits per heavy atom. The van der Waals surface area contributed by atoms with Crippen LogP contribution in [0.4, 0.5) is 5.82 Å². The van der Waals surface area contributed by atoms with Crippen molar-refractivity contribution in [1.29, 1.82) is 0 Å². The molecule has 2 heterocycles. The predicted molar refractivity (Wildman–Crippen MR) is 63.9 cm³/mol. The van der Waals surface area contributed by atoms with Crippen molar-refractivity contribution in [2.75, 3.05) is 11.4 Å². The first kappa shape index (κ1) is 11.8. The van der Waals surface area contributed by atoms with Crippen LogP contribution in [-0.2, 0) is 22.1 Å². The minimum absolute atomic E-state index is 0.00995. The number of hydrogen-bond acceptors (Lipinski definition) is 3. The highest BCUT2D eigenvalue weighted by Crippen LogP contribution is 2.27. The molecule has 0 atom stereocenters. The number of aromatic nitrogens is 2. The molecule has 1 aliphatic heterocycles. The van der Waals surface area contributed by atoms with E-state index >= 15 is 0 Å². The lowest BCUT2D eigenvalue weighted by Gasteiger charge is -2.14. The number of rotatable bonds is 1. The maximum absolute atomic E-state index is 11.7. The maximum atomic E-state index is 11.7. The summed E-state index contributed by atoms with van der Waals surface area (Å²) in [5.41, 5.74) is 0.852. The van der Waals surface area contributed by atoms with Crippen LogP contribution in [0.1, 0.15) is 32.9 Å². The van der Waals surface area contributed by atoms with Crippen LogP contribution in [0.5, 0.6) is 0 Å². The number of aryl methyl sites for hydroxylation is 1. The first-order chi connectivity index (χ1) is 7.79. The summed E-state index contributed by atoms with van der Waals surface area (Å²) in [4.78, 5) is 24.4. The molecule has 1 aliphatic rings. The molecule has 1 amide bonds. The number of carbonyl (C=O) groups excluding carboxylic acids is 2. The van der Waals surface area contributed by atoms with Crippen LogP contribution >= 0.6 is 0 Å². The Kier molecular flexibility index (Phi) is 2.56. The van der Waals surface area contributed by atoms with Gasteiger partial charge in [0.15, 0.2) is 5.78 Å². The van der Waals surface area contributed by atoms with Gasteiger partial charge in [0.05, 0.1) is 18.7 Å². The zero-order valence-corrected chi connectivity index (χ0v) is 10.6. The van der Waals surface area contributed by atoms with E-state index in [1.165, 1.54) is 4.90 Å². The third-order valence-corrected chi connectivity index (χ3v) is 2.88. The van der Waals surface area contributed by atoms with Crippen molar-refractivity contribution in [3.63, 3.8) is 0 Å². The van der Waals surface area contributed by atoms with Crippen LogP contribution in [0.2, 0.25) is 0 Å². The summed E-state index contributed by atoms with van der Waals surface area (Å²) in [6, 6.07) is 1.89. The lowest BCUT2D eigenvalue weighted by atomic mass is 9.92. The molecule has 5 heteroatoms. The molecule has 0 aliphatic carbocycles. The fourth-order valence-corrected chi connectivity index (χ4v) is 1.87. The van der Waals surface area contributed by atoms with Crippen LogP contribution in [0.25, 0.3) is 0 Å². The summed E-state index contributed by atoms with van der Waals surface area (Å²) in [5, 5.41) is 4.40. The molecule has 0 bridgehead atoms. The second kappa shape index (κ2) is 3.68. The Hall–Kier alpha value is -1.65. The van der Waals surface area contributed by atoms with Gasteiger partial charge in [-0.3, -0.25) is 19.2 Å². The molecule has 17 heavy (non-hydrogen) atoms. The second-order valence-corrected chi connectivity index (χ2v) is 5.46. The van der Waals surface area contributed by atoms with Gasteiger partial charge in [0.2, 0.25) is 5.91 Å². The number of anilines is 1. The first-order valence-electron chi connectivity index (χ1n) is 5.65. The summed E-state index contributed by atoms with van der Waals surface area (Å²) in [6.45, 7) is 6.37.